The molecule has 0 radical (unpaired) electrons. The van der Waals surface area contributed by atoms with Crippen LogP contribution in [0.2, 0.25) is 0 Å². The zero-order valence-corrected chi connectivity index (χ0v) is 16.5. The van der Waals surface area contributed by atoms with E-state index in [9.17, 15) is 14.2 Å². The van der Waals surface area contributed by atoms with Crippen molar-refractivity contribution in [2.75, 3.05) is 13.7 Å². The number of aliphatic carboxylic acids is 1. The summed E-state index contributed by atoms with van der Waals surface area (Å²) in [4.78, 5) is 23.2. The van der Waals surface area contributed by atoms with E-state index >= 15 is 0 Å². The maximum atomic E-state index is 13.1. The topological polar surface area (TPSA) is 102 Å². The Kier molecular flexibility index (Phi) is 8.39. The van der Waals surface area contributed by atoms with Crippen molar-refractivity contribution >= 4 is 19.5 Å². The molecular formula is C20H24NO6P. The van der Waals surface area contributed by atoms with Crippen LogP contribution in [-0.2, 0) is 35.8 Å². The number of hydrogen-bond donors (Lipinski definition) is 2. The van der Waals surface area contributed by atoms with Crippen LogP contribution >= 0.6 is 7.60 Å². The van der Waals surface area contributed by atoms with Crippen molar-refractivity contribution in [2.24, 2.45) is 0 Å². The smallest absolute Gasteiger partial charge is 0.335 e. The number of amides is 1. The lowest BCUT2D eigenvalue weighted by molar-refractivity contribution is -0.137. The Morgan fingerprint density at radius 3 is 2.14 bits per heavy atom. The summed E-state index contributed by atoms with van der Waals surface area (Å²) in [5.41, 5.74) is 1.58. The van der Waals surface area contributed by atoms with Crippen LogP contribution in [-0.4, -0.2) is 36.7 Å². The largest absolute Gasteiger partial charge is 0.481 e. The van der Waals surface area contributed by atoms with Crippen LogP contribution < -0.4 is 5.32 Å². The minimum Gasteiger partial charge on any atom is -0.481 e. The van der Waals surface area contributed by atoms with Crippen LogP contribution in [0.25, 0.3) is 0 Å². The number of carboxylic acids is 1. The Hall–Kier alpha value is -2.47. The third-order valence-electron chi connectivity index (χ3n) is 3.98. The van der Waals surface area contributed by atoms with E-state index in [1.54, 1.807) is 12.1 Å². The normalized spacial score (nSPS) is 14.0. The van der Waals surface area contributed by atoms with Gasteiger partial charge in [-0.15, -0.1) is 0 Å². The van der Waals surface area contributed by atoms with Crippen LogP contribution in [0, 0.1) is 0 Å². The van der Waals surface area contributed by atoms with Crippen LogP contribution in [0.4, 0.5) is 0 Å². The van der Waals surface area contributed by atoms with Gasteiger partial charge in [-0.2, -0.15) is 0 Å². The average molecular weight is 405 g/mol. The second-order valence-electron chi connectivity index (χ2n) is 6.16. The van der Waals surface area contributed by atoms with E-state index in [0.717, 1.165) is 11.1 Å². The summed E-state index contributed by atoms with van der Waals surface area (Å²) in [5, 5.41) is 11.3. The Morgan fingerprint density at radius 2 is 1.61 bits per heavy atom. The number of carbonyl (C=O) groups excluding carboxylic acids is 1. The third-order valence-corrected chi connectivity index (χ3v) is 5.86. The lowest BCUT2D eigenvalue weighted by Crippen LogP contribution is -2.38. The van der Waals surface area contributed by atoms with Crippen molar-refractivity contribution in [1.29, 1.82) is 0 Å². The molecule has 150 valence electrons. The summed E-state index contributed by atoms with van der Waals surface area (Å²) in [6, 6.07) is 18.2. The van der Waals surface area contributed by atoms with E-state index in [0.29, 0.717) is 0 Å². The molecular weight excluding hydrogens is 381 g/mol. The molecule has 0 saturated carbocycles. The molecule has 0 fully saturated rings. The first kappa shape index (κ1) is 21.8. The first-order valence-electron chi connectivity index (χ1n) is 8.82. The third kappa shape index (κ3) is 7.27. The molecule has 28 heavy (non-hydrogen) atoms. The zero-order valence-electron chi connectivity index (χ0n) is 15.6. The predicted octanol–water partition coefficient (Wildman–Crippen LogP) is 3.24. The van der Waals surface area contributed by atoms with E-state index in [2.05, 4.69) is 5.32 Å². The van der Waals surface area contributed by atoms with Gasteiger partial charge in [-0.25, -0.2) is 0 Å². The molecule has 0 aliphatic rings. The Labute approximate surface area is 164 Å². The SMILES string of the molecule is COP(=O)(Cc1ccccc1)OC(Cc1ccccc1)C(=O)NCCC(=O)O. The van der Waals surface area contributed by atoms with Crippen molar-refractivity contribution in [3.63, 3.8) is 0 Å². The first-order chi connectivity index (χ1) is 13.4. The molecule has 0 spiro atoms. The molecule has 0 aromatic heterocycles. The van der Waals surface area contributed by atoms with E-state index in [4.69, 9.17) is 14.2 Å². The van der Waals surface area contributed by atoms with Crippen molar-refractivity contribution < 1.29 is 28.3 Å². The lowest BCUT2D eigenvalue weighted by atomic mass is 10.1. The predicted molar refractivity (Wildman–Crippen MR) is 105 cm³/mol. The zero-order chi connectivity index (χ0) is 20.4. The maximum Gasteiger partial charge on any atom is 0.335 e. The van der Waals surface area contributed by atoms with Gasteiger partial charge in [0.2, 0.25) is 5.91 Å². The standard InChI is InChI=1S/C20H24NO6P/c1-26-28(25,15-17-10-6-3-7-11-17)27-18(14-16-8-4-2-5-9-16)20(24)21-13-12-19(22)23/h2-11,18H,12-15H2,1H3,(H,21,24)(H,22,23). The van der Waals surface area contributed by atoms with Crippen LogP contribution in [0.1, 0.15) is 17.5 Å². The van der Waals surface area contributed by atoms with Gasteiger partial charge in [0, 0.05) is 20.1 Å². The van der Waals surface area contributed by atoms with Crippen molar-refractivity contribution in [2.45, 2.75) is 25.1 Å². The summed E-state index contributed by atoms with van der Waals surface area (Å²) < 4.78 is 24.0. The highest BCUT2D eigenvalue weighted by atomic mass is 31.2. The van der Waals surface area contributed by atoms with Gasteiger partial charge >= 0.3 is 13.6 Å². The molecule has 1 amide bonds. The van der Waals surface area contributed by atoms with Gasteiger partial charge in [0.1, 0.15) is 6.10 Å². The summed E-state index contributed by atoms with van der Waals surface area (Å²) >= 11 is 0. The molecule has 2 aromatic carbocycles. The molecule has 2 atom stereocenters. The molecule has 2 rings (SSSR count). The molecule has 8 heteroatoms. The molecule has 0 aliphatic heterocycles. The van der Waals surface area contributed by atoms with Gasteiger partial charge in [0.05, 0.1) is 12.6 Å². The molecule has 0 saturated heterocycles. The van der Waals surface area contributed by atoms with Crippen molar-refractivity contribution in [3.8, 4) is 0 Å². The average Bonchev–Trinajstić information content (AvgIpc) is 2.68. The number of nitrogens with one attached hydrogen (secondary N) is 1. The van der Waals surface area contributed by atoms with Gasteiger partial charge in [-0.05, 0) is 11.1 Å². The van der Waals surface area contributed by atoms with Crippen LogP contribution in [0.3, 0.4) is 0 Å². The fraction of sp³-hybridized carbons (Fsp3) is 0.300. The quantitative estimate of drug-likeness (QED) is 0.557. The van der Waals surface area contributed by atoms with Crippen LogP contribution in [0.15, 0.2) is 60.7 Å². The van der Waals surface area contributed by atoms with E-state index in [1.165, 1.54) is 7.11 Å². The van der Waals surface area contributed by atoms with Crippen molar-refractivity contribution in [3.05, 3.63) is 71.8 Å². The van der Waals surface area contributed by atoms with E-state index in [1.807, 2.05) is 48.5 Å². The minimum absolute atomic E-state index is 0.0258. The summed E-state index contributed by atoms with van der Waals surface area (Å²) in [5.74, 6) is -1.55. The van der Waals surface area contributed by atoms with E-state index < -0.39 is 25.6 Å². The fourth-order valence-corrected chi connectivity index (χ4v) is 4.06. The summed E-state index contributed by atoms with van der Waals surface area (Å²) in [6.07, 6.45) is -1.08. The highest BCUT2D eigenvalue weighted by Gasteiger charge is 2.32. The van der Waals surface area contributed by atoms with Crippen LogP contribution in [0.5, 0.6) is 0 Å². The summed E-state index contributed by atoms with van der Waals surface area (Å²) in [7, 11) is -2.31. The number of carboxylic acid groups (broad SMARTS) is 1. The number of benzene rings is 2. The van der Waals surface area contributed by atoms with E-state index in [-0.39, 0.29) is 25.5 Å². The van der Waals surface area contributed by atoms with Gasteiger partial charge in [-0.3, -0.25) is 18.7 Å². The fourth-order valence-electron chi connectivity index (χ4n) is 2.56. The van der Waals surface area contributed by atoms with Crippen molar-refractivity contribution in [1.82, 2.24) is 5.32 Å². The molecule has 2 N–H and O–H groups in total. The van der Waals surface area contributed by atoms with Gasteiger partial charge in [-0.1, -0.05) is 60.7 Å². The van der Waals surface area contributed by atoms with Gasteiger partial charge in [0.15, 0.2) is 0 Å². The highest BCUT2D eigenvalue weighted by molar-refractivity contribution is 7.53. The number of hydrogen-bond acceptors (Lipinski definition) is 5. The Balaban J connectivity index is 2.14. The summed E-state index contributed by atoms with van der Waals surface area (Å²) in [6.45, 7) is -0.0429. The Bertz CT molecular complexity index is 812. The Morgan fingerprint density at radius 1 is 1.04 bits per heavy atom. The molecule has 2 unspecified atom stereocenters. The molecule has 0 heterocycles. The highest BCUT2D eigenvalue weighted by Crippen LogP contribution is 2.52. The molecule has 0 bridgehead atoms. The van der Waals surface area contributed by atoms with Gasteiger partial charge < -0.3 is 14.9 Å². The molecule has 2 aromatic rings. The minimum atomic E-state index is -3.60. The molecule has 0 aliphatic carbocycles. The molecule has 7 nitrogen and oxygen atoms in total. The first-order valence-corrected chi connectivity index (χ1v) is 10.6. The lowest BCUT2D eigenvalue weighted by Gasteiger charge is -2.23. The maximum absolute atomic E-state index is 13.1. The monoisotopic (exact) mass is 405 g/mol. The van der Waals surface area contributed by atoms with Gasteiger partial charge in [0.25, 0.3) is 0 Å². The number of rotatable bonds is 11. The second kappa shape index (κ2) is 10.8. The number of carbonyl (C=O) groups is 2. The second-order valence-corrected chi connectivity index (χ2v) is 8.27.